The fourth-order valence-corrected chi connectivity index (χ4v) is 1.80. The monoisotopic (exact) mass is 244 g/mol. The second-order valence-electron chi connectivity index (χ2n) is 3.75. The zero-order valence-corrected chi connectivity index (χ0v) is 9.08. The summed E-state index contributed by atoms with van der Waals surface area (Å²) in [4.78, 5) is 26.5. The lowest BCUT2D eigenvalue weighted by molar-refractivity contribution is 0.476. The third kappa shape index (κ3) is 1.43. The van der Waals surface area contributed by atoms with Gasteiger partial charge >= 0.3 is 5.69 Å². The van der Waals surface area contributed by atoms with E-state index in [0.29, 0.717) is 5.52 Å². The molecule has 2 N–H and O–H groups in total. The Hall–Kier alpha value is -2.76. The summed E-state index contributed by atoms with van der Waals surface area (Å²) in [6.45, 7) is 0. The van der Waals surface area contributed by atoms with Gasteiger partial charge in [0.25, 0.3) is 5.56 Å². The molecule has 0 saturated heterocycles. The Balaban J connectivity index is 2.48. The molecule has 0 saturated carbocycles. The number of furan rings is 1. The summed E-state index contributed by atoms with van der Waals surface area (Å²) in [5.74, 6) is 0.0872. The van der Waals surface area contributed by atoms with Gasteiger partial charge in [0.1, 0.15) is 5.75 Å². The number of aromatic amines is 1. The molecule has 6 heteroatoms. The van der Waals surface area contributed by atoms with Crippen molar-refractivity contribution in [3.8, 4) is 11.6 Å². The minimum Gasteiger partial charge on any atom is -0.508 e. The Kier molecular flexibility index (Phi) is 2.09. The summed E-state index contributed by atoms with van der Waals surface area (Å²) in [5.41, 5.74) is -0.765. The zero-order valence-electron chi connectivity index (χ0n) is 9.08. The molecule has 0 fully saturated rings. The second-order valence-corrected chi connectivity index (χ2v) is 3.75. The van der Waals surface area contributed by atoms with E-state index in [1.165, 1.54) is 30.5 Å². The fourth-order valence-electron chi connectivity index (χ4n) is 1.80. The summed E-state index contributed by atoms with van der Waals surface area (Å²) in [7, 11) is 0. The molecule has 3 aromatic rings. The SMILES string of the molecule is O=c1[nH]c2ccc(O)cc2c(=O)n1-c1ccco1. The Morgan fingerprint density at radius 2 is 2.06 bits per heavy atom. The van der Waals surface area contributed by atoms with Crippen molar-refractivity contribution in [3.63, 3.8) is 0 Å². The molecule has 0 atom stereocenters. The lowest BCUT2D eigenvalue weighted by Gasteiger charge is -2.03. The number of fused-ring (bicyclic) bond motifs is 1. The molecule has 6 nitrogen and oxygen atoms in total. The van der Waals surface area contributed by atoms with E-state index in [0.717, 1.165) is 4.57 Å². The van der Waals surface area contributed by atoms with Gasteiger partial charge in [-0.25, -0.2) is 4.79 Å². The van der Waals surface area contributed by atoms with Crippen molar-refractivity contribution < 1.29 is 9.52 Å². The molecule has 1 aromatic carbocycles. The Labute approximate surface area is 99.7 Å². The minimum atomic E-state index is -0.590. The van der Waals surface area contributed by atoms with Crippen LogP contribution in [0.1, 0.15) is 0 Å². The van der Waals surface area contributed by atoms with Crippen molar-refractivity contribution in [1.29, 1.82) is 0 Å². The zero-order chi connectivity index (χ0) is 12.7. The summed E-state index contributed by atoms with van der Waals surface area (Å²) < 4.78 is 5.92. The van der Waals surface area contributed by atoms with Gasteiger partial charge in [0.05, 0.1) is 17.2 Å². The van der Waals surface area contributed by atoms with Crippen LogP contribution in [0, 0.1) is 0 Å². The van der Waals surface area contributed by atoms with Crippen molar-refractivity contribution in [1.82, 2.24) is 9.55 Å². The van der Waals surface area contributed by atoms with E-state index in [2.05, 4.69) is 4.98 Å². The highest BCUT2D eigenvalue weighted by molar-refractivity contribution is 5.79. The molecule has 0 bridgehead atoms. The van der Waals surface area contributed by atoms with Crippen LogP contribution in [0.5, 0.6) is 5.75 Å². The maximum absolute atomic E-state index is 12.2. The van der Waals surface area contributed by atoms with Crippen LogP contribution in [-0.2, 0) is 0 Å². The van der Waals surface area contributed by atoms with Crippen molar-refractivity contribution in [2.75, 3.05) is 0 Å². The molecular weight excluding hydrogens is 236 g/mol. The molecule has 0 amide bonds. The van der Waals surface area contributed by atoms with E-state index in [4.69, 9.17) is 4.42 Å². The van der Waals surface area contributed by atoms with Crippen LogP contribution in [0.15, 0.2) is 50.6 Å². The van der Waals surface area contributed by atoms with Crippen LogP contribution in [0.25, 0.3) is 16.8 Å². The normalized spacial score (nSPS) is 10.9. The first-order chi connectivity index (χ1) is 8.66. The molecule has 18 heavy (non-hydrogen) atoms. The molecular formula is C12H8N2O4. The summed E-state index contributed by atoms with van der Waals surface area (Å²) in [6.07, 6.45) is 1.37. The number of nitrogens with one attached hydrogen (secondary N) is 1. The van der Waals surface area contributed by atoms with E-state index in [1.54, 1.807) is 6.07 Å². The number of phenols is 1. The number of aromatic nitrogens is 2. The molecule has 0 unspecified atom stereocenters. The Morgan fingerprint density at radius 1 is 1.22 bits per heavy atom. The van der Waals surface area contributed by atoms with Crippen LogP contribution >= 0.6 is 0 Å². The van der Waals surface area contributed by atoms with Gasteiger partial charge in [-0.3, -0.25) is 4.79 Å². The van der Waals surface area contributed by atoms with E-state index >= 15 is 0 Å². The number of rotatable bonds is 1. The van der Waals surface area contributed by atoms with Crippen LogP contribution in [0.4, 0.5) is 0 Å². The van der Waals surface area contributed by atoms with Crippen molar-refractivity contribution >= 4 is 10.9 Å². The van der Waals surface area contributed by atoms with Crippen LogP contribution < -0.4 is 11.2 Å². The molecule has 0 aliphatic rings. The van der Waals surface area contributed by atoms with E-state index in [-0.39, 0.29) is 17.0 Å². The minimum absolute atomic E-state index is 0.0438. The highest BCUT2D eigenvalue weighted by Gasteiger charge is 2.11. The first kappa shape index (κ1) is 10.4. The van der Waals surface area contributed by atoms with E-state index in [9.17, 15) is 14.7 Å². The first-order valence-corrected chi connectivity index (χ1v) is 5.19. The highest BCUT2D eigenvalue weighted by Crippen LogP contribution is 2.14. The average molecular weight is 244 g/mol. The number of H-pyrrole nitrogens is 1. The molecule has 2 heterocycles. The molecule has 0 aliphatic carbocycles. The fraction of sp³-hybridized carbons (Fsp3) is 0. The van der Waals surface area contributed by atoms with Gasteiger partial charge in [-0.15, -0.1) is 0 Å². The number of benzene rings is 1. The predicted octanol–water partition coefficient (Wildman–Crippen LogP) is 0.978. The van der Waals surface area contributed by atoms with Crippen molar-refractivity contribution in [3.05, 3.63) is 57.4 Å². The standard InChI is InChI=1S/C12H8N2O4/c15-7-3-4-9-8(6-7)11(16)14(12(17)13-9)10-2-1-5-18-10/h1-6,15H,(H,13,17). The number of nitrogens with zero attached hydrogens (tertiary/aromatic N) is 1. The quantitative estimate of drug-likeness (QED) is 0.667. The number of aromatic hydroxyl groups is 1. The summed E-state index contributed by atoms with van der Waals surface area (Å²) >= 11 is 0. The number of phenolic OH excluding ortho intramolecular Hbond substituents is 1. The maximum Gasteiger partial charge on any atom is 0.335 e. The van der Waals surface area contributed by atoms with Gasteiger partial charge in [-0.1, -0.05) is 0 Å². The van der Waals surface area contributed by atoms with Crippen LogP contribution in [0.3, 0.4) is 0 Å². The van der Waals surface area contributed by atoms with E-state index < -0.39 is 11.2 Å². The molecule has 90 valence electrons. The smallest absolute Gasteiger partial charge is 0.335 e. The molecule has 0 aliphatic heterocycles. The topological polar surface area (TPSA) is 88.2 Å². The Morgan fingerprint density at radius 3 is 2.78 bits per heavy atom. The van der Waals surface area contributed by atoms with E-state index in [1.807, 2.05) is 0 Å². The van der Waals surface area contributed by atoms with Gasteiger partial charge in [-0.2, -0.15) is 4.57 Å². The molecule has 0 spiro atoms. The molecule has 0 radical (unpaired) electrons. The van der Waals surface area contributed by atoms with Crippen molar-refractivity contribution in [2.45, 2.75) is 0 Å². The Bertz CT molecular complexity index is 827. The predicted molar refractivity (Wildman–Crippen MR) is 64.1 cm³/mol. The largest absolute Gasteiger partial charge is 0.508 e. The van der Waals surface area contributed by atoms with Gasteiger partial charge in [0, 0.05) is 6.07 Å². The summed E-state index contributed by atoms with van der Waals surface area (Å²) in [5, 5.41) is 9.60. The number of hydrogen-bond acceptors (Lipinski definition) is 4. The third-order valence-corrected chi connectivity index (χ3v) is 2.61. The average Bonchev–Trinajstić information content (AvgIpc) is 2.84. The maximum atomic E-state index is 12.2. The van der Waals surface area contributed by atoms with Crippen LogP contribution in [0.2, 0.25) is 0 Å². The van der Waals surface area contributed by atoms with Gasteiger partial charge in [0.2, 0.25) is 5.88 Å². The summed E-state index contributed by atoms with van der Waals surface area (Å²) in [6, 6.07) is 7.25. The van der Waals surface area contributed by atoms with Crippen LogP contribution in [-0.4, -0.2) is 14.7 Å². The third-order valence-electron chi connectivity index (χ3n) is 2.61. The lowest BCUT2D eigenvalue weighted by Crippen LogP contribution is -2.33. The number of hydrogen-bond donors (Lipinski definition) is 2. The van der Waals surface area contributed by atoms with Gasteiger partial charge in [0.15, 0.2) is 0 Å². The van der Waals surface area contributed by atoms with Gasteiger partial charge < -0.3 is 14.5 Å². The molecule has 3 rings (SSSR count). The highest BCUT2D eigenvalue weighted by atomic mass is 16.3. The first-order valence-electron chi connectivity index (χ1n) is 5.19. The molecule has 2 aromatic heterocycles. The van der Waals surface area contributed by atoms with Crippen molar-refractivity contribution in [2.24, 2.45) is 0 Å². The second kappa shape index (κ2) is 3.63. The van der Waals surface area contributed by atoms with Gasteiger partial charge in [-0.05, 0) is 24.3 Å². The lowest BCUT2D eigenvalue weighted by atomic mass is 10.2.